The van der Waals surface area contributed by atoms with E-state index in [2.05, 4.69) is 5.32 Å². The van der Waals surface area contributed by atoms with Crippen LogP contribution >= 0.6 is 0 Å². The van der Waals surface area contributed by atoms with Crippen LogP contribution in [0.2, 0.25) is 0 Å². The van der Waals surface area contributed by atoms with Crippen LogP contribution in [-0.2, 0) is 20.8 Å². The number of phenols is 1. The Morgan fingerprint density at radius 3 is 2.32 bits per heavy atom. The number of hydrogen-bond donors (Lipinski definition) is 6. The minimum absolute atomic E-state index is 0.000983. The number of aliphatic hydroxyl groups excluding tert-OH is 2. The Labute approximate surface area is 254 Å². The molecule has 0 radical (unpaired) electrons. The Morgan fingerprint density at radius 1 is 1.07 bits per heavy atom. The molecule has 4 atom stereocenters. The van der Waals surface area contributed by atoms with Crippen molar-refractivity contribution in [1.29, 1.82) is 0 Å². The first kappa shape index (κ1) is 30.8. The third-order valence-corrected chi connectivity index (χ3v) is 8.94. The second kappa shape index (κ2) is 11.1. The molecule has 2 aromatic carbocycles. The number of phenolic OH excluding ortho intramolecular Hbond substituents is 1. The average molecular weight is 605 g/mol. The molecule has 2 aromatic rings. The molecule has 232 valence electrons. The quantitative estimate of drug-likeness (QED) is 0.146. The van der Waals surface area contributed by atoms with Crippen molar-refractivity contribution in [2.45, 2.75) is 30.9 Å². The molecule has 1 fully saturated rings. The van der Waals surface area contributed by atoms with Gasteiger partial charge in [0.15, 0.2) is 17.2 Å². The lowest BCUT2D eigenvalue weighted by Gasteiger charge is -2.50. The lowest BCUT2D eigenvalue weighted by molar-refractivity contribution is -0.153. The highest BCUT2D eigenvalue weighted by atomic mass is 16.3. The summed E-state index contributed by atoms with van der Waals surface area (Å²) >= 11 is 0. The number of primary amides is 1. The zero-order valence-corrected chi connectivity index (χ0v) is 24.9. The average Bonchev–Trinajstić information content (AvgIpc) is 2.96. The van der Waals surface area contributed by atoms with Crippen molar-refractivity contribution in [3.8, 4) is 5.75 Å². The summed E-state index contributed by atoms with van der Waals surface area (Å²) in [6.45, 7) is 0.168. The molecule has 44 heavy (non-hydrogen) atoms. The summed E-state index contributed by atoms with van der Waals surface area (Å²) in [5.74, 6) is -7.17. The largest absolute Gasteiger partial charge is 0.508 e. The van der Waals surface area contributed by atoms with E-state index in [1.54, 1.807) is 63.4 Å². The van der Waals surface area contributed by atoms with E-state index in [4.69, 9.17) is 5.73 Å². The fraction of sp³-hybridized carbons (Fsp3) is 0.375. The molecule has 1 amide bonds. The maximum atomic E-state index is 14.1. The van der Waals surface area contributed by atoms with Gasteiger partial charge in [-0.05, 0) is 44.5 Å². The molecule has 7 N–H and O–H groups in total. The number of aliphatic hydroxyl groups is 3. The van der Waals surface area contributed by atoms with Gasteiger partial charge in [0.1, 0.15) is 22.8 Å². The number of benzene rings is 2. The molecule has 5 rings (SSSR count). The molecular formula is C32H36N4O8. The number of hydrogen-bond acceptors (Lipinski definition) is 11. The summed E-state index contributed by atoms with van der Waals surface area (Å²) in [5.41, 5.74) is 3.51. The molecule has 3 aliphatic rings. The number of nitrogens with two attached hydrogens (primary N) is 1. The van der Waals surface area contributed by atoms with E-state index >= 15 is 0 Å². The standard InChI is InChI=1S/C32H36N4O8/c1-35(2)20-14-19(34-11-10-21(37)15-8-6-5-7-9-15)26(38)23-17(20)12-16-13-18-25(36(3)4)28(40)24(31(33)43)30(42)32(18,44)29(41)22(16)27(23)39/h5-9,14,16,18,25,34,38-39,42,44H,10-13H2,1-4H3,(H2,33,43). The molecule has 3 aliphatic carbocycles. The van der Waals surface area contributed by atoms with Crippen LogP contribution in [0.25, 0.3) is 5.76 Å². The van der Waals surface area contributed by atoms with Gasteiger partial charge in [0, 0.05) is 49.8 Å². The molecule has 0 aromatic heterocycles. The van der Waals surface area contributed by atoms with E-state index in [1.165, 1.54) is 4.90 Å². The second-order valence-corrected chi connectivity index (χ2v) is 12.0. The molecule has 0 bridgehead atoms. The molecule has 1 saturated carbocycles. The predicted molar refractivity (Wildman–Crippen MR) is 162 cm³/mol. The molecule has 0 heterocycles. The van der Waals surface area contributed by atoms with Gasteiger partial charge in [0.25, 0.3) is 5.91 Å². The van der Waals surface area contributed by atoms with E-state index in [0.29, 0.717) is 16.8 Å². The molecule has 0 saturated heterocycles. The summed E-state index contributed by atoms with van der Waals surface area (Å²) in [5, 5.41) is 48.9. The van der Waals surface area contributed by atoms with Gasteiger partial charge < -0.3 is 36.4 Å². The van der Waals surface area contributed by atoms with E-state index in [9.17, 15) is 39.6 Å². The summed E-state index contributed by atoms with van der Waals surface area (Å²) in [7, 11) is 6.67. The molecule has 4 unspecified atom stereocenters. The van der Waals surface area contributed by atoms with E-state index < -0.39 is 58.0 Å². The fourth-order valence-electron chi connectivity index (χ4n) is 6.90. The van der Waals surface area contributed by atoms with Crippen LogP contribution in [0.5, 0.6) is 5.75 Å². The highest BCUT2D eigenvalue weighted by molar-refractivity contribution is 6.24. The van der Waals surface area contributed by atoms with Crippen molar-refractivity contribution in [3.63, 3.8) is 0 Å². The SMILES string of the molecule is CN(C)c1cc(NCCC(=O)c2ccccc2)c(O)c2c1CC1CC3C(N(C)C)C(=O)C(C(N)=O)=C(O)C3(O)C(=O)C1=C2O. The lowest BCUT2D eigenvalue weighted by atomic mass is 9.57. The fourth-order valence-corrected chi connectivity index (χ4v) is 6.90. The van der Waals surface area contributed by atoms with Crippen molar-refractivity contribution in [1.82, 2.24) is 4.90 Å². The summed E-state index contributed by atoms with van der Waals surface area (Å²) in [6, 6.07) is 9.32. The lowest BCUT2D eigenvalue weighted by Crippen LogP contribution is -2.65. The summed E-state index contributed by atoms with van der Waals surface area (Å²) in [4.78, 5) is 55.4. The maximum Gasteiger partial charge on any atom is 0.255 e. The number of carbonyl (C=O) groups excluding carboxylic acids is 4. The summed E-state index contributed by atoms with van der Waals surface area (Å²) in [6.07, 6.45) is 0.294. The number of Topliss-reactive ketones (excluding diaryl/α,β-unsaturated/α-hetero) is 3. The Balaban J connectivity index is 1.59. The molecule has 0 spiro atoms. The van der Waals surface area contributed by atoms with Gasteiger partial charge in [0.2, 0.25) is 5.78 Å². The first-order chi connectivity index (χ1) is 20.7. The van der Waals surface area contributed by atoms with Crippen LogP contribution in [0.4, 0.5) is 11.4 Å². The van der Waals surface area contributed by atoms with Crippen LogP contribution in [0.3, 0.4) is 0 Å². The number of nitrogens with zero attached hydrogens (tertiary/aromatic N) is 2. The van der Waals surface area contributed by atoms with Gasteiger partial charge in [-0.2, -0.15) is 0 Å². The van der Waals surface area contributed by atoms with Crippen molar-refractivity contribution in [3.05, 3.63) is 70.0 Å². The smallest absolute Gasteiger partial charge is 0.255 e. The molecule has 0 aliphatic heterocycles. The monoisotopic (exact) mass is 604 g/mol. The molecule has 12 nitrogen and oxygen atoms in total. The minimum atomic E-state index is -2.71. The molecule has 12 heteroatoms. The highest BCUT2D eigenvalue weighted by Gasteiger charge is 2.64. The number of carbonyl (C=O) groups is 4. The number of ketones is 3. The van der Waals surface area contributed by atoms with Crippen LogP contribution in [0.15, 0.2) is 53.3 Å². The van der Waals surface area contributed by atoms with Gasteiger partial charge >= 0.3 is 0 Å². The van der Waals surface area contributed by atoms with E-state index in [1.807, 2.05) is 6.07 Å². The Bertz CT molecular complexity index is 1640. The number of rotatable bonds is 8. The first-order valence-electron chi connectivity index (χ1n) is 14.2. The number of likely N-dealkylation sites (N-methyl/N-ethyl adjacent to an activating group) is 1. The van der Waals surface area contributed by atoms with Crippen molar-refractivity contribution >= 4 is 40.4 Å². The Kier molecular flexibility index (Phi) is 7.77. The maximum absolute atomic E-state index is 14.1. The van der Waals surface area contributed by atoms with Gasteiger partial charge in [-0.1, -0.05) is 30.3 Å². The Hall–Kier alpha value is -4.68. The minimum Gasteiger partial charge on any atom is -0.508 e. The van der Waals surface area contributed by atoms with E-state index in [0.717, 1.165) is 0 Å². The van der Waals surface area contributed by atoms with Crippen LogP contribution in [0, 0.1) is 11.8 Å². The van der Waals surface area contributed by atoms with Crippen LogP contribution in [0.1, 0.15) is 34.3 Å². The van der Waals surface area contributed by atoms with Crippen molar-refractivity contribution < 1.29 is 39.6 Å². The Morgan fingerprint density at radius 2 is 1.73 bits per heavy atom. The van der Waals surface area contributed by atoms with Gasteiger partial charge in [-0.3, -0.25) is 24.1 Å². The van der Waals surface area contributed by atoms with Gasteiger partial charge in [-0.25, -0.2) is 0 Å². The topological polar surface area (TPSA) is 194 Å². The number of fused-ring (bicyclic) bond motifs is 3. The number of aromatic hydroxyl groups is 1. The number of anilines is 2. The second-order valence-electron chi connectivity index (χ2n) is 12.0. The summed E-state index contributed by atoms with van der Waals surface area (Å²) < 4.78 is 0. The normalized spacial score (nSPS) is 24.5. The van der Waals surface area contributed by atoms with E-state index in [-0.39, 0.29) is 54.2 Å². The van der Waals surface area contributed by atoms with Gasteiger partial charge in [0.05, 0.1) is 17.3 Å². The zero-order chi connectivity index (χ0) is 32.2. The third kappa shape index (κ3) is 4.61. The first-order valence-corrected chi connectivity index (χ1v) is 14.2. The van der Waals surface area contributed by atoms with Gasteiger partial charge in [-0.15, -0.1) is 0 Å². The number of amides is 1. The van der Waals surface area contributed by atoms with Crippen molar-refractivity contribution in [2.75, 3.05) is 45.0 Å². The van der Waals surface area contributed by atoms with Crippen LogP contribution < -0.4 is 16.0 Å². The van der Waals surface area contributed by atoms with Crippen molar-refractivity contribution in [2.24, 2.45) is 17.6 Å². The third-order valence-electron chi connectivity index (χ3n) is 8.94. The zero-order valence-electron chi connectivity index (χ0n) is 24.9. The molecular weight excluding hydrogens is 568 g/mol. The van der Waals surface area contributed by atoms with Crippen LogP contribution in [-0.4, -0.2) is 95.0 Å². The highest BCUT2D eigenvalue weighted by Crippen LogP contribution is 2.54. The number of nitrogens with one attached hydrogen (secondary N) is 1. The predicted octanol–water partition coefficient (Wildman–Crippen LogP) is 1.71.